The Morgan fingerprint density at radius 2 is 1.42 bits per heavy atom. The Bertz CT molecular complexity index is 920. The van der Waals surface area contributed by atoms with Crippen LogP contribution in [0.2, 0.25) is 0 Å². The van der Waals surface area contributed by atoms with Gasteiger partial charge < -0.3 is 18.9 Å². The van der Waals surface area contributed by atoms with Crippen LogP contribution < -0.4 is 9.47 Å². The number of nitrogens with zero attached hydrogens (tertiary/aromatic N) is 1. The lowest BCUT2D eigenvalue weighted by molar-refractivity contribution is 0.414. The number of aromatic nitrogens is 2. The summed E-state index contributed by atoms with van der Waals surface area (Å²) in [5.41, 5.74) is 3.78. The number of furan rings is 1. The first-order valence-corrected chi connectivity index (χ1v) is 8.21. The number of hydrogen-bond donors (Lipinski definition) is 1. The minimum Gasteiger partial charge on any atom is -0.497 e. The van der Waals surface area contributed by atoms with Crippen LogP contribution in [0.15, 0.2) is 71.3 Å². The van der Waals surface area contributed by atoms with Crippen LogP contribution in [0.25, 0.3) is 34.1 Å². The van der Waals surface area contributed by atoms with E-state index < -0.39 is 0 Å². The second kappa shape index (κ2) is 6.80. The van der Waals surface area contributed by atoms with Gasteiger partial charge in [0.2, 0.25) is 0 Å². The zero-order chi connectivity index (χ0) is 17.9. The van der Waals surface area contributed by atoms with E-state index in [9.17, 15) is 0 Å². The molecule has 0 spiro atoms. The fourth-order valence-electron chi connectivity index (χ4n) is 2.83. The molecular weight excluding hydrogens is 328 g/mol. The van der Waals surface area contributed by atoms with Gasteiger partial charge in [0.1, 0.15) is 11.5 Å². The standard InChI is InChI=1S/C21H18N2O3/c1-24-16-9-5-14(6-10-16)19-20(15-7-11-17(25-2)12-8-15)23-21(22-19)18-4-3-13-26-18/h3-13H,1-2H3,(H,22,23). The molecular formula is C21H18N2O3. The van der Waals surface area contributed by atoms with Crippen molar-refractivity contribution in [2.45, 2.75) is 0 Å². The van der Waals surface area contributed by atoms with Crippen LogP contribution in [0, 0.1) is 0 Å². The zero-order valence-electron chi connectivity index (χ0n) is 14.5. The Labute approximate surface area is 151 Å². The molecule has 5 nitrogen and oxygen atoms in total. The number of methoxy groups -OCH3 is 2. The van der Waals surface area contributed by atoms with Crippen LogP contribution in [0.3, 0.4) is 0 Å². The lowest BCUT2D eigenvalue weighted by Gasteiger charge is -2.06. The van der Waals surface area contributed by atoms with E-state index in [0.29, 0.717) is 11.6 Å². The minimum absolute atomic E-state index is 0.687. The summed E-state index contributed by atoms with van der Waals surface area (Å²) in [4.78, 5) is 8.16. The third-order valence-corrected chi connectivity index (χ3v) is 4.20. The summed E-state index contributed by atoms with van der Waals surface area (Å²) in [6, 6.07) is 19.4. The number of hydrogen-bond acceptors (Lipinski definition) is 4. The molecule has 130 valence electrons. The molecule has 0 aliphatic rings. The molecule has 0 aliphatic carbocycles. The maximum Gasteiger partial charge on any atom is 0.174 e. The van der Waals surface area contributed by atoms with E-state index >= 15 is 0 Å². The summed E-state index contributed by atoms with van der Waals surface area (Å²) >= 11 is 0. The van der Waals surface area contributed by atoms with Gasteiger partial charge in [0, 0.05) is 11.1 Å². The van der Waals surface area contributed by atoms with E-state index in [2.05, 4.69) is 4.98 Å². The first-order chi connectivity index (χ1) is 12.8. The van der Waals surface area contributed by atoms with Crippen LogP contribution >= 0.6 is 0 Å². The monoisotopic (exact) mass is 346 g/mol. The van der Waals surface area contributed by atoms with Crippen LogP contribution in [-0.4, -0.2) is 24.2 Å². The van der Waals surface area contributed by atoms with Gasteiger partial charge in [-0.15, -0.1) is 0 Å². The Morgan fingerprint density at radius 1 is 0.808 bits per heavy atom. The maximum atomic E-state index is 5.50. The summed E-state index contributed by atoms with van der Waals surface area (Å²) in [6.07, 6.45) is 1.64. The Kier molecular flexibility index (Phi) is 4.19. The maximum absolute atomic E-state index is 5.50. The normalized spacial score (nSPS) is 10.7. The highest BCUT2D eigenvalue weighted by Gasteiger charge is 2.16. The van der Waals surface area contributed by atoms with Crippen molar-refractivity contribution in [2.75, 3.05) is 14.2 Å². The third kappa shape index (κ3) is 2.95. The molecule has 4 rings (SSSR count). The van der Waals surface area contributed by atoms with E-state index in [1.807, 2.05) is 60.7 Å². The van der Waals surface area contributed by atoms with Crippen molar-refractivity contribution in [1.82, 2.24) is 9.97 Å². The number of ether oxygens (including phenoxy) is 2. The smallest absolute Gasteiger partial charge is 0.174 e. The van der Waals surface area contributed by atoms with Crippen molar-refractivity contribution < 1.29 is 13.9 Å². The van der Waals surface area contributed by atoms with Gasteiger partial charge in [-0.25, -0.2) is 4.98 Å². The number of aromatic amines is 1. The molecule has 0 bridgehead atoms. The number of nitrogens with one attached hydrogen (secondary N) is 1. The van der Waals surface area contributed by atoms with Crippen molar-refractivity contribution >= 4 is 0 Å². The molecule has 0 radical (unpaired) electrons. The highest BCUT2D eigenvalue weighted by atomic mass is 16.5. The van der Waals surface area contributed by atoms with E-state index in [4.69, 9.17) is 18.9 Å². The predicted molar refractivity (Wildman–Crippen MR) is 100 cm³/mol. The van der Waals surface area contributed by atoms with E-state index in [1.54, 1.807) is 20.5 Å². The van der Waals surface area contributed by atoms with Crippen molar-refractivity contribution in [3.8, 4) is 45.6 Å². The molecule has 0 fully saturated rings. The average Bonchev–Trinajstić information content (AvgIpc) is 3.38. The molecule has 0 aliphatic heterocycles. The second-order valence-corrected chi connectivity index (χ2v) is 5.74. The van der Waals surface area contributed by atoms with Gasteiger partial charge in [0.05, 0.1) is 31.9 Å². The van der Waals surface area contributed by atoms with Crippen LogP contribution in [0.4, 0.5) is 0 Å². The van der Waals surface area contributed by atoms with Crippen LogP contribution in [0.1, 0.15) is 0 Å². The topological polar surface area (TPSA) is 60.3 Å². The molecule has 0 saturated heterocycles. The van der Waals surface area contributed by atoms with Gasteiger partial charge in [-0.2, -0.15) is 0 Å². The molecule has 2 aromatic heterocycles. The summed E-state index contributed by atoms with van der Waals surface area (Å²) in [6.45, 7) is 0. The fraction of sp³-hybridized carbons (Fsp3) is 0.0952. The first-order valence-electron chi connectivity index (χ1n) is 8.21. The largest absolute Gasteiger partial charge is 0.497 e. The van der Waals surface area contributed by atoms with Crippen molar-refractivity contribution in [3.05, 3.63) is 66.9 Å². The number of H-pyrrole nitrogens is 1. The highest BCUT2D eigenvalue weighted by molar-refractivity contribution is 5.81. The summed E-state index contributed by atoms with van der Waals surface area (Å²) < 4.78 is 16.0. The summed E-state index contributed by atoms with van der Waals surface area (Å²) in [5, 5.41) is 0. The number of imidazole rings is 1. The quantitative estimate of drug-likeness (QED) is 0.551. The molecule has 0 unspecified atom stereocenters. The van der Waals surface area contributed by atoms with Crippen LogP contribution in [0.5, 0.6) is 11.5 Å². The first kappa shape index (κ1) is 16.0. The van der Waals surface area contributed by atoms with Gasteiger partial charge in [-0.1, -0.05) is 0 Å². The molecule has 2 heterocycles. The molecule has 0 amide bonds. The molecule has 4 aromatic rings. The third-order valence-electron chi connectivity index (χ3n) is 4.20. The SMILES string of the molecule is COc1ccc(-c2nc(-c3ccco3)[nH]c2-c2ccc(OC)cc2)cc1. The van der Waals surface area contributed by atoms with Gasteiger partial charge in [0.15, 0.2) is 11.6 Å². The highest BCUT2D eigenvalue weighted by Crippen LogP contribution is 2.34. The van der Waals surface area contributed by atoms with Crippen LogP contribution in [-0.2, 0) is 0 Å². The summed E-state index contributed by atoms with van der Waals surface area (Å²) in [5.74, 6) is 3.00. The van der Waals surface area contributed by atoms with Gasteiger partial charge in [0.25, 0.3) is 0 Å². The molecule has 1 N–H and O–H groups in total. The van der Waals surface area contributed by atoms with Crippen molar-refractivity contribution in [3.63, 3.8) is 0 Å². The lowest BCUT2D eigenvalue weighted by Crippen LogP contribution is -1.87. The fourth-order valence-corrected chi connectivity index (χ4v) is 2.83. The lowest BCUT2D eigenvalue weighted by atomic mass is 10.0. The van der Waals surface area contributed by atoms with Gasteiger partial charge in [-0.3, -0.25) is 0 Å². The number of benzene rings is 2. The molecule has 0 saturated carbocycles. The Hall–Kier alpha value is -3.47. The minimum atomic E-state index is 0.687. The van der Waals surface area contributed by atoms with E-state index in [0.717, 1.165) is 34.0 Å². The predicted octanol–water partition coefficient (Wildman–Crippen LogP) is 5.02. The number of rotatable bonds is 5. The molecule has 5 heteroatoms. The summed E-state index contributed by atoms with van der Waals surface area (Å²) in [7, 11) is 3.31. The second-order valence-electron chi connectivity index (χ2n) is 5.74. The Balaban J connectivity index is 1.84. The van der Waals surface area contributed by atoms with Gasteiger partial charge >= 0.3 is 0 Å². The van der Waals surface area contributed by atoms with E-state index in [-0.39, 0.29) is 0 Å². The molecule has 0 atom stereocenters. The van der Waals surface area contributed by atoms with Crippen molar-refractivity contribution in [1.29, 1.82) is 0 Å². The molecule has 2 aromatic carbocycles. The molecule has 26 heavy (non-hydrogen) atoms. The van der Waals surface area contributed by atoms with Gasteiger partial charge in [-0.05, 0) is 60.7 Å². The van der Waals surface area contributed by atoms with Crippen molar-refractivity contribution in [2.24, 2.45) is 0 Å². The zero-order valence-corrected chi connectivity index (χ0v) is 14.5. The Morgan fingerprint density at radius 3 is 1.96 bits per heavy atom. The van der Waals surface area contributed by atoms with E-state index in [1.165, 1.54) is 0 Å². The average molecular weight is 346 g/mol.